The second kappa shape index (κ2) is 4.48. The van der Waals surface area contributed by atoms with E-state index in [-0.39, 0.29) is 18.4 Å². The Morgan fingerprint density at radius 2 is 2.17 bits per heavy atom. The van der Waals surface area contributed by atoms with Gasteiger partial charge in [0.15, 0.2) is 0 Å². The first-order valence-electron chi connectivity index (χ1n) is 6.05. The van der Waals surface area contributed by atoms with Gasteiger partial charge in [-0.2, -0.15) is 0 Å². The summed E-state index contributed by atoms with van der Waals surface area (Å²) in [7, 11) is 0. The van der Waals surface area contributed by atoms with Gasteiger partial charge >= 0.3 is 5.97 Å². The highest BCUT2D eigenvalue weighted by Gasteiger charge is 2.50. The molecule has 1 amide bonds. The van der Waals surface area contributed by atoms with Crippen LogP contribution in [0.5, 0.6) is 0 Å². The Morgan fingerprint density at radius 3 is 2.67 bits per heavy atom. The van der Waals surface area contributed by atoms with Crippen LogP contribution in [0.4, 0.5) is 0 Å². The van der Waals surface area contributed by atoms with Crippen molar-refractivity contribution in [3.63, 3.8) is 0 Å². The molecule has 98 valence electrons. The zero-order valence-corrected chi connectivity index (χ0v) is 10.5. The molecule has 1 aliphatic carbocycles. The summed E-state index contributed by atoms with van der Waals surface area (Å²) in [5.41, 5.74) is -0.247. The van der Waals surface area contributed by atoms with Gasteiger partial charge in [-0.3, -0.25) is 9.59 Å². The maximum atomic E-state index is 12.0. The number of amides is 1. The van der Waals surface area contributed by atoms with Crippen molar-refractivity contribution in [3.8, 4) is 0 Å². The van der Waals surface area contributed by atoms with Crippen molar-refractivity contribution in [1.29, 1.82) is 0 Å². The minimum absolute atomic E-state index is 0.120. The fraction of sp³-hybridized carbons (Fsp3) is 0.538. The van der Waals surface area contributed by atoms with Gasteiger partial charge in [-0.15, -0.1) is 0 Å². The molecule has 1 aliphatic rings. The van der Waals surface area contributed by atoms with Crippen LogP contribution in [-0.2, 0) is 4.79 Å². The van der Waals surface area contributed by atoms with E-state index in [0.717, 1.165) is 0 Å². The first-order chi connectivity index (χ1) is 8.46. The summed E-state index contributed by atoms with van der Waals surface area (Å²) in [5, 5.41) is 11.7. The van der Waals surface area contributed by atoms with Gasteiger partial charge in [0.1, 0.15) is 5.76 Å². The van der Waals surface area contributed by atoms with E-state index in [1.54, 1.807) is 6.07 Å². The van der Waals surface area contributed by atoms with Crippen molar-refractivity contribution >= 4 is 11.9 Å². The molecule has 1 heterocycles. The van der Waals surface area contributed by atoms with E-state index in [0.29, 0.717) is 24.2 Å². The summed E-state index contributed by atoms with van der Waals surface area (Å²) in [6.07, 6.45) is 2.74. The summed E-state index contributed by atoms with van der Waals surface area (Å²) >= 11 is 0. The lowest BCUT2D eigenvalue weighted by molar-refractivity contribution is -0.143. The second-order valence-corrected chi connectivity index (χ2v) is 5.12. The van der Waals surface area contributed by atoms with Crippen LogP contribution in [0.3, 0.4) is 0 Å². The molecule has 5 heteroatoms. The third kappa shape index (κ3) is 2.25. The SMILES string of the molecule is CC(C)c1occc1C(=O)NCC1(C(=O)O)CC1. The van der Waals surface area contributed by atoms with E-state index >= 15 is 0 Å². The van der Waals surface area contributed by atoms with E-state index in [1.165, 1.54) is 6.26 Å². The Hall–Kier alpha value is -1.78. The first-order valence-corrected chi connectivity index (χ1v) is 6.05. The highest BCUT2D eigenvalue weighted by Crippen LogP contribution is 2.45. The number of nitrogens with one attached hydrogen (secondary N) is 1. The van der Waals surface area contributed by atoms with E-state index in [2.05, 4.69) is 5.32 Å². The molecule has 0 unspecified atom stereocenters. The fourth-order valence-corrected chi connectivity index (χ4v) is 1.92. The van der Waals surface area contributed by atoms with E-state index in [1.807, 2.05) is 13.8 Å². The van der Waals surface area contributed by atoms with Gasteiger partial charge in [0.25, 0.3) is 5.91 Å². The minimum Gasteiger partial charge on any atom is -0.481 e. The number of carboxylic acid groups (broad SMARTS) is 1. The van der Waals surface area contributed by atoms with Gasteiger partial charge in [-0.25, -0.2) is 0 Å². The zero-order valence-electron chi connectivity index (χ0n) is 10.5. The molecule has 0 atom stereocenters. The Balaban J connectivity index is 2.00. The third-order valence-corrected chi connectivity index (χ3v) is 3.36. The van der Waals surface area contributed by atoms with Crippen LogP contribution >= 0.6 is 0 Å². The predicted octanol–water partition coefficient (Wildman–Crippen LogP) is 2.00. The molecule has 5 nitrogen and oxygen atoms in total. The Bertz CT molecular complexity index is 471. The van der Waals surface area contributed by atoms with Crippen LogP contribution in [0.25, 0.3) is 0 Å². The van der Waals surface area contributed by atoms with E-state index in [9.17, 15) is 9.59 Å². The van der Waals surface area contributed by atoms with Crippen molar-refractivity contribution in [3.05, 3.63) is 23.7 Å². The number of carbonyl (C=O) groups is 2. The molecule has 2 N–H and O–H groups in total. The molecule has 0 bridgehead atoms. The molecule has 0 aromatic carbocycles. The molecular formula is C13H17NO4. The van der Waals surface area contributed by atoms with Crippen molar-refractivity contribution in [1.82, 2.24) is 5.32 Å². The number of furan rings is 1. The van der Waals surface area contributed by atoms with Crippen molar-refractivity contribution < 1.29 is 19.1 Å². The van der Waals surface area contributed by atoms with E-state index < -0.39 is 11.4 Å². The number of carbonyl (C=O) groups excluding carboxylic acids is 1. The van der Waals surface area contributed by atoms with Crippen LogP contribution in [-0.4, -0.2) is 23.5 Å². The van der Waals surface area contributed by atoms with E-state index in [4.69, 9.17) is 9.52 Å². The normalized spacial score (nSPS) is 16.6. The quantitative estimate of drug-likeness (QED) is 0.838. The van der Waals surface area contributed by atoms with Gasteiger partial charge in [0.2, 0.25) is 0 Å². The number of hydrogen-bond donors (Lipinski definition) is 2. The Labute approximate surface area is 105 Å². The summed E-state index contributed by atoms with van der Waals surface area (Å²) < 4.78 is 5.27. The third-order valence-electron chi connectivity index (χ3n) is 3.36. The van der Waals surface area contributed by atoms with Crippen LogP contribution in [0, 0.1) is 5.41 Å². The Kier molecular flexibility index (Phi) is 3.15. The molecule has 18 heavy (non-hydrogen) atoms. The molecule has 1 aromatic rings. The highest BCUT2D eigenvalue weighted by atomic mass is 16.4. The van der Waals surface area contributed by atoms with Gasteiger partial charge < -0.3 is 14.8 Å². The zero-order chi connectivity index (χ0) is 13.3. The maximum absolute atomic E-state index is 12.0. The van der Waals surface area contributed by atoms with Gasteiger partial charge in [-0.1, -0.05) is 13.8 Å². The highest BCUT2D eigenvalue weighted by molar-refractivity contribution is 5.95. The molecule has 0 aliphatic heterocycles. The summed E-state index contributed by atoms with van der Waals surface area (Å²) in [6, 6.07) is 1.62. The smallest absolute Gasteiger partial charge is 0.311 e. The van der Waals surface area contributed by atoms with Crippen LogP contribution in [0.2, 0.25) is 0 Å². The lowest BCUT2D eigenvalue weighted by Crippen LogP contribution is -2.34. The summed E-state index contributed by atoms with van der Waals surface area (Å²) in [6.45, 7) is 4.06. The summed E-state index contributed by atoms with van der Waals surface area (Å²) in [5.74, 6) is -0.346. The molecule has 0 radical (unpaired) electrons. The largest absolute Gasteiger partial charge is 0.481 e. The molecular weight excluding hydrogens is 234 g/mol. The van der Waals surface area contributed by atoms with Gasteiger partial charge in [0, 0.05) is 12.5 Å². The number of carboxylic acids is 1. The van der Waals surface area contributed by atoms with Crippen LogP contribution in [0.1, 0.15) is 48.7 Å². The molecule has 0 saturated heterocycles. The van der Waals surface area contributed by atoms with Crippen molar-refractivity contribution in [2.45, 2.75) is 32.6 Å². The number of hydrogen-bond acceptors (Lipinski definition) is 3. The molecule has 1 saturated carbocycles. The van der Waals surface area contributed by atoms with Gasteiger partial charge in [-0.05, 0) is 18.9 Å². The number of rotatable bonds is 5. The molecule has 2 rings (SSSR count). The monoisotopic (exact) mass is 251 g/mol. The molecule has 0 spiro atoms. The lowest BCUT2D eigenvalue weighted by atomic mass is 10.1. The second-order valence-electron chi connectivity index (χ2n) is 5.12. The van der Waals surface area contributed by atoms with Gasteiger partial charge in [0.05, 0.1) is 17.2 Å². The maximum Gasteiger partial charge on any atom is 0.311 e. The van der Waals surface area contributed by atoms with Crippen molar-refractivity contribution in [2.24, 2.45) is 5.41 Å². The topological polar surface area (TPSA) is 79.5 Å². The number of aliphatic carboxylic acids is 1. The summed E-state index contributed by atoms with van der Waals surface area (Å²) in [4.78, 5) is 23.0. The van der Waals surface area contributed by atoms with Crippen LogP contribution in [0.15, 0.2) is 16.7 Å². The van der Waals surface area contributed by atoms with Crippen LogP contribution < -0.4 is 5.32 Å². The fourth-order valence-electron chi connectivity index (χ4n) is 1.92. The molecule has 1 fully saturated rings. The van der Waals surface area contributed by atoms with Crippen molar-refractivity contribution in [2.75, 3.05) is 6.54 Å². The first kappa shape index (κ1) is 12.7. The average Bonchev–Trinajstić information content (AvgIpc) is 2.94. The molecule has 1 aromatic heterocycles. The Morgan fingerprint density at radius 1 is 1.50 bits per heavy atom. The minimum atomic E-state index is -0.834. The lowest BCUT2D eigenvalue weighted by Gasteiger charge is -2.11. The predicted molar refractivity (Wildman–Crippen MR) is 64.4 cm³/mol. The standard InChI is InChI=1S/C13H17NO4/c1-8(2)10-9(3-6-18-10)11(15)14-7-13(4-5-13)12(16)17/h3,6,8H,4-5,7H2,1-2H3,(H,14,15)(H,16,17). The average molecular weight is 251 g/mol.